The summed E-state index contributed by atoms with van der Waals surface area (Å²) >= 11 is 5.49. The minimum atomic E-state index is 0.205. The molecule has 0 aliphatic heterocycles. The average Bonchev–Trinajstić information content (AvgIpc) is 2.15. The van der Waals surface area contributed by atoms with Crippen molar-refractivity contribution in [2.45, 2.75) is 0 Å². The fraction of sp³-hybridized carbons (Fsp3) is 0. The molecule has 13 heavy (non-hydrogen) atoms. The zero-order valence-corrected chi connectivity index (χ0v) is 10.2. The number of fused-ring (bicyclic) bond motifs is 1. The highest BCUT2D eigenvalue weighted by Gasteiger charge is 2.07. The Bertz CT molecular complexity index is 472. The molecule has 0 spiro atoms. The van der Waals surface area contributed by atoms with E-state index in [0.717, 1.165) is 8.96 Å². The van der Waals surface area contributed by atoms with Gasteiger partial charge in [-0.05, 0) is 50.7 Å². The first-order valence-corrected chi connectivity index (χ1v) is 5.49. The lowest BCUT2D eigenvalue weighted by Gasteiger charge is -2.03. The third-order valence-corrected chi connectivity index (χ3v) is 3.27. The summed E-state index contributed by atoms with van der Waals surface area (Å²) < 4.78 is 1.76. The van der Waals surface area contributed by atoms with Gasteiger partial charge in [-0.25, -0.2) is 0 Å². The summed E-state index contributed by atoms with van der Waals surface area (Å²) in [6.07, 6.45) is 1.67. The maximum atomic E-state index is 9.67. The summed E-state index contributed by atoms with van der Waals surface area (Å²) in [7, 11) is 0. The fourth-order valence-electron chi connectivity index (χ4n) is 1.16. The van der Waals surface area contributed by atoms with Gasteiger partial charge in [0.15, 0.2) is 5.75 Å². The monoisotopic (exact) mass is 349 g/mol. The molecule has 0 aliphatic carbocycles. The van der Waals surface area contributed by atoms with Crippen LogP contribution in [0.15, 0.2) is 28.9 Å². The summed E-state index contributed by atoms with van der Waals surface area (Å²) in [6.45, 7) is 0. The molecule has 0 fully saturated rings. The maximum absolute atomic E-state index is 9.67. The van der Waals surface area contributed by atoms with E-state index in [0.29, 0.717) is 9.99 Å². The number of rotatable bonds is 0. The molecule has 1 heterocycles. The normalized spacial score (nSPS) is 10.6. The van der Waals surface area contributed by atoms with Gasteiger partial charge < -0.3 is 5.11 Å². The first-order chi connectivity index (χ1) is 6.20. The van der Waals surface area contributed by atoms with E-state index in [9.17, 15) is 5.11 Å². The lowest BCUT2D eigenvalue weighted by molar-refractivity contribution is 0.477. The summed E-state index contributed by atoms with van der Waals surface area (Å²) in [4.78, 5) is 4.12. The van der Waals surface area contributed by atoms with Crippen LogP contribution in [0.25, 0.3) is 10.9 Å². The highest BCUT2D eigenvalue weighted by Crippen LogP contribution is 2.33. The predicted octanol–water partition coefficient (Wildman–Crippen LogP) is 3.31. The Morgan fingerprint density at radius 3 is 3.00 bits per heavy atom. The van der Waals surface area contributed by atoms with Crippen LogP contribution in [0, 0.1) is 3.57 Å². The number of benzene rings is 1. The summed E-state index contributed by atoms with van der Waals surface area (Å²) in [5.41, 5.74) is 0.640. The number of aromatic nitrogens is 1. The molecule has 0 radical (unpaired) electrons. The van der Waals surface area contributed by atoms with Gasteiger partial charge in [-0.3, -0.25) is 4.98 Å². The second kappa shape index (κ2) is 3.42. The number of nitrogens with zero attached hydrogens (tertiary/aromatic N) is 1. The van der Waals surface area contributed by atoms with Crippen LogP contribution >= 0.6 is 38.5 Å². The van der Waals surface area contributed by atoms with Crippen LogP contribution in [0.2, 0.25) is 0 Å². The van der Waals surface area contributed by atoms with Crippen LogP contribution in [0.3, 0.4) is 0 Å². The summed E-state index contributed by atoms with van der Waals surface area (Å²) in [6, 6.07) is 5.67. The van der Waals surface area contributed by atoms with Gasteiger partial charge in [0.05, 0.1) is 4.47 Å². The van der Waals surface area contributed by atoms with Crippen molar-refractivity contribution < 1.29 is 5.11 Å². The summed E-state index contributed by atoms with van der Waals surface area (Å²) in [5.74, 6) is 0.205. The Labute approximate surface area is 97.3 Å². The minimum absolute atomic E-state index is 0.205. The number of phenols is 1. The fourth-order valence-corrected chi connectivity index (χ4v) is 2.75. The van der Waals surface area contributed by atoms with Gasteiger partial charge in [0, 0.05) is 15.2 Å². The lowest BCUT2D eigenvalue weighted by atomic mass is 10.2. The Balaban J connectivity index is 2.97. The molecule has 0 unspecified atom stereocenters. The first-order valence-electron chi connectivity index (χ1n) is 3.62. The Kier molecular flexibility index (Phi) is 2.42. The molecule has 4 heteroatoms. The smallest absolute Gasteiger partial charge is 0.156 e. The van der Waals surface area contributed by atoms with Gasteiger partial charge in [-0.15, -0.1) is 0 Å². The lowest BCUT2D eigenvalue weighted by Crippen LogP contribution is -1.83. The molecule has 1 aromatic carbocycles. The average molecular weight is 350 g/mol. The number of hydrogen-bond donors (Lipinski definition) is 1. The van der Waals surface area contributed by atoms with Crippen LogP contribution in [-0.2, 0) is 0 Å². The molecule has 2 aromatic rings. The van der Waals surface area contributed by atoms with Gasteiger partial charge in [0.25, 0.3) is 0 Å². The molecule has 0 aliphatic rings. The van der Waals surface area contributed by atoms with Crippen LogP contribution < -0.4 is 0 Å². The van der Waals surface area contributed by atoms with E-state index in [4.69, 9.17) is 0 Å². The number of halogens is 2. The number of hydrogen-bond acceptors (Lipinski definition) is 2. The molecule has 0 bridgehead atoms. The Hall–Kier alpha value is -0.360. The minimum Gasteiger partial charge on any atom is -0.505 e. The maximum Gasteiger partial charge on any atom is 0.156 e. The molecule has 0 saturated carbocycles. The Morgan fingerprint density at radius 1 is 1.46 bits per heavy atom. The van der Waals surface area contributed by atoms with E-state index < -0.39 is 0 Å². The number of aromatic hydroxyl groups is 1. The quantitative estimate of drug-likeness (QED) is 0.740. The van der Waals surface area contributed by atoms with Gasteiger partial charge >= 0.3 is 0 Å². The zero-order valence-electron chi connectivity index (χ0n) is 6.46. The molecular formula is C9H5BrINO. The largest absolute Gasteiger partial charge is 0.505 e. The van der Waals surface area contributed by atoms with Crippen molar-refractivity contribution in [2.24, 2.45) is 0 Å². The van der Waals surface area contributed by atoms with E-state index in [1.807, 2.05) is 18.2 Å². The van der Waals surface area contributed by atoms with Crippen LogP contribution in [0.4, 0.5) is 0 Å². The van der Waals surface area contributed by atoms with E-state index in [-0.39, 0.29) is 5.75 Å². The molecule has 2 nitrogen and oxygen atoms in total. The second-order valence-corrected chi connectivity index (χ2v) is 4.60. The standard InChI is InChI=1S/C9H5BrINO/c10-6-4-7(11)5-2-1-3-12-8(5)9(6)13/h1-4,13H. The van der Waals surface area contributed by atoms with Gasteiger partial charge in [0.2, 0.25) is 0 Å². The number of phenolic OH excluding ortho intramolecular Hbond substituents is 1. The van der Waals surface area contributed by atoms with Crippen molar-refractivity contribution >= 4 is 49.4 Å². The van der Waals surface area contributed by atoms with Crippen LogP contribution in [0.1, 0.15) is 0 Å². The van der Waals surface area contributed by atoms with Crippen molar-refractivity contribution in [3.05, 3.63) is 32.4 Å². The van der Waals surface area contributed by atoms with E-state index in [2.05, 4.69) is 43.5 Å². The third-order valence-electron chi connectivity index (χ3n) is 1.77. The third kappa shape index (κ3) is 1.52. The molecule has 2 rings (SSSR count). The van der Waals surface area contributed by atoms with Gasteiger partial charge in [0.1, 0.15) is 5.52 Å². The van der Waals surface area contributed by atoms with E-state index >= 15 is 0 Å². The van der Waals surface area contributed by atoms with E-state index in [1.165, 1.54) is 0 Å². The van der Waals surface area contributed by atoms with Crippen molar-refractivity contribution in [1.29, 1.82) is 0 Å². The highest BCUT2D eigenvalue weighted by molar-refractivity contribution is 14.1. The van der Waals surface area contributed by atoms with Gasteiger partial charge in [-0.2, -0.15) is 0 Å². The van der Waals surface area contributed by atoms with Gasteiger partial charge in [-0.1, -0.05) is 6.07 Å². The zero-order chi connectivity index (χ0) is 9.42. The van der Waals surface area contributed by atoms with E-state index in [1.54, 1.807) is 6.20 Å². The molecular weight excluding hydrogens is 345 g/mol. The van der Waals surface area contributed by atoms with Crippen molar-refractivity contribution in [3.63, 3.8) is 0 Å². The molecule has 0 atom stereocenters. The van der Waals surface area contributed by atoms with Crippen LogP contribution in [-0.4, -0.2) is 10.1 Å². The molecule has 1 aromatic heterocycles. The summed E-state index contributed by atoms with van der Waals surface area (Å²) in [5, 5.41) is 10.6. The molecule has 1 N–H and O–H groups in total. The predicted molar refractivity (Wildman–Crippen MR) is 63.8 cm³/mol. The van der Waals surface area contributed by atoms with Crippen molar-refractivity contribution in [1.82, 2.24) is 4.98 Å². The molecule has 66 valence electrons. The number of pyridine rings is 1. The first kappa shape index (κ1) is 9.21. The van der Waals surface area contributed by atoms with Crippen molar-refractivity contribution in [3.8, 4) is 5.75 Å². The molecule has 0 saturated heterocycles. The van der Waals surface area contributed by atoms with Crippen molar-refractivity contribution in [2.75, 3.05) is 0 Å². The Morgan fingerprint density at radius 2 is 2.23 bits per heavy atom. The highest BCUT2D eigenvalue weighted by atomic mass is 127. The van der Waals surface area contributed by atoms with Crippen LogP contribution in [0.5, 0.6) is 5.75 Å². The molecule has 0 amide bonds. The topological polar surface area (TPSA) is 33.1 Å². The second-order valence-electron chi connectivity index (χ2n) is 2.59. The SMILES string of the molecule is Oc1c(Br)cc(I)c2cccnc12.